The molecule has 3 aromatic rings. The lowest BCUT2D eigenvalue weighted by Gasteiger charge is -2.26. The van der Waals surface area contributed by atoms with E-state index in [-0.39, 0.29) is 17.1 Å². The molecule has 0 fully saturated rings. The summed E-state index contributed by atoms with van der Waals surface area (Å²) >= 11 is 0. The SMILES string of the molecule is CC(C)(C)C(N)c1nn(-c2cc(F)ccc2F)cc1Cc1ccccc1. The van der Waals surface area contributed by atoms with Crippen LogP contribution in [-0.2, 0) is 6.42 Å². The largest absolute Gasteiger partial charge is 0.322 e. The first-order valence-corrected chi connectivity index (χ1v) is 8.59. The molecule has 0 aliphatic carbocycles. The molecule has 3 rings (SSSR count). The third-order valence-corrected chi connectivity index (χ3v) is 4.44. The van der Waals surface area contributed by atoms with E-state index in [0.29, 0.717) is 12.1 Å². The van der Waals surface area contributed by atoms with E-state index < -0.39 is 11.6 Å². The van der Waals surface area contributed by atoms with E-state index in [9.17, 15) is 8.78 Å². The summed E-state index contributed by atoms with van der Waals surface area (Å²) in [5.41, 5.74) is 9.01. The molecule has 1 aromatic heterocycles. The summed E-state index contributed by atoms with van der Waals surface area (Å²) in [6, 6.07) is 12.9. The first-order chi connectivity index (χ1) is 12.3. The summed E-state index contributed by atoms with van der Waals surface area (Å²) < 4.78 is 29.2. The van der Waals surface area contributed by atoms with E-state index in [1.165, 1.54) is 4.68 Å². The molecule has 1 unspecified atom stereocenters. The van der Waals surface area contributed by atoms with E-state index in [4.69, 9.17) is 5.73 Å². The Kier molecular flexibility index (Phi) is 4.92. The van der Waals surface area contributed by atoms with Crippen molar-refractivity contribution in [2.45, 2.75) is 33.2 Å². The van der Waals surface area contributed by atoms with E-state index in [2.05, 4.69) is 5.10 Å². The van der Waals surface area contributed by atoms with Gasteiger partial charge in [-0.25, -0.2) is 13.5 Å². The Morgan fingerprint density at radius 1 is 1.08 bits per heavy atom. The van der Waals surface area contributed by atoms with Crippen molar-refractivity contribution in [1.29, 1.82) is 0 Å². The predicted molar refractivity (Wildman–Crippen MR) is 99.1 cm³/mol. The van der Waals surface area contributed by atoms with Crippen LogP contribution in [0.3, 0.4) is 0 Å². The third-order valence-electron chi connectivity index (χ3n) is 4.44. The molecule has 1 atom stereocenters. The second-order valence-electron chi connectivity index (χ2n) is 7.59. The maximum Gasteiger partial charge on any atom is 0.149 e. The van der Waals surface area contributed by atoms with Gasteiger partial charge in [0.25, 0.3) is 0 Å². The zero-order valence-corrected chi connectivity index (χ0v) is 15.2. The molecule has 0 aliphatic heterocycles. The molecule has 0 radical (unpaired) electrons. The molecule has 0 aliphatic rings. The van der Waals surface area contributed by atoms with Crippen LogP contribution in [0.4, 0.5) is 8.78 Å². The summed E-state index contributed by atoms with van der Waals surface area (Å²) in [7, 11) is 0. The van der Waals surface area contributed by atoms with Gasteiger partial charge in [-0.2, -0.15) is 5.10 Å². The number of benzene rings is 2. The van der Waals surface area contributed by atoms with Crippen molar-refractivity contribution < 1.29 is 8.78 Å². The number of nitrogens with two attached hydrogens (primary N) is 1. The standard InChI is InChI=1S/C21H23F2N3/c1-21(2,3)20(24)19-15(11-14-7-5-4-6-8-14)13-26(25-19)18-12-16(22)9-10-17(18)23/h4-10,12-13,20H,11,24H2,1-3H3. The van der Waals surface area contributed by atoms with Crippen molar-refractivity contribution in [3.8, 4) is 5.69 Å². The van der Waals surface area contributed by atoms with Crippen molar-refractivity contribution in [2.75, 3.05) is 0 Å². The van der Waals surface area contributed by atoms with E-state index in [0.717, 1.165) is 29.3 Å². The smallest absolute Gasteiger partial charge is 0.149 e. The Balaban J connectivity index is 2.09. The van der Waals surface area contributed by atoms with Crippen LogP contribution in [0.25, 0.3) is 5.69 Å². The molecular formula is C21H23F2N3. The van der Waals surface area contributed by atoms with Crippen LogP contribution in [-0.4, -0.2) is 9.78 Å². The molecule has 0 saturated heterocycles. The van der Waals surface area contributed by atoms with Crippen LogP contribution in [0, 0.1) is 17.0 Å². The molecular weight excluding hydrogens is 332 g/mol. The number of rotatable bonds is 4. The summed E-state index contributed by atoms with van der Waals surface area (Å²) in [4.78, 5) is 0. The maximum absolute atomic E-state index is 14.2. The number of nitrogens with zero attached hydrogens (tertiary/aromatic N) is 2. The summed E-state index contributed by atoms with van der Waals surface area (Å²) in [6.07, 6.45) is 2.36. The van der Waals surface area contributed by atoms with Gasteiger partial charge in [-0.1, -0.05) is 51.1 Å². The van der Waals surface area contributed by atoms with Crippen LogP contribution in [0.5, 0.6) is 0 Å². The van der Waals surface area contributed by atoms with Gasteiger partial charge >= 0.3 is 0 Å². The average Bonchev–Trinajstić information content (AvgIpc) is 2.99. The molecule has 0 saturated carbocycles. The molecule has 1 heterocycles. The molecule has 2 aromatic carbocycles. The van der Waals surface area contributed by atoms with Crippen molar-refractivity contribution in [2.24, 2.45) is 11.1 Å². The summed E-state index contributed by atoms with van der Waals surface area (Å²) in [6.45, 7) is 6.10. The monoisotopic (exact) mass is 355 g/mol. The fourth-order valence-electron chi connectivity index (χ4n) is 2.83. The van der Waals surface area contributed by atoms with Gasteiger partial charge in [-0.05, 0) is 28.7 Å². The van der Waals surface area contributed by atoms with E-state index in [1.807, 2.05) is 51.1 Å². The Labute approximate surface area is 152 Å². The maximum atomic E-state index is 14.2. The molecule has 5 heteroatoms. The molecule has 3 nitrogen and oxygen atoms in total. The highest BCUT2D eigenvalue weighted by Gasteiger charge is 2.28. The summed E-state index contributed by atoms with van der Waals surface area (Å²) in [5.74, 6) is -1.04. The number of hydrogen-bond donors (Lipinski definition) is 1. The minimum Gasteiger partial charge on any atom is -0.322 e. The van der Waals surface area contributed by atoms with Gasteiger partial charge in [0, 0.05) is 18.7 Å². The van der Waals surface area contributed by atoms with Crippen molar-refractivity contribution in [3.05, 3.63) is 83.2 Å². The predicted octanol–water partition coefficient (Wildman–Crippen LogP) is 4.79. The van der Waals surface area contributed by atoms with E-state index >= 15 is 0 Å². The Bertz CT molecular complexity index is 895. The first kappa shape index (κ1) is 18.3. The van der Waals surface area contributed by atoms with Gasteiger partial charge in [-0.3, -0.25) is 0 Å². The minimum absolute atomic E-state index is 0.0756. The van der Waals surface area contributed by atoms with Crippen LogP contribution in [0.15, 0.2) is 54.7 Å². The lowest BCUT2D eigenvalue weighted by atomic mass is 9.84. The molecule has 0 bridgehead atoms. The van der Waals surface area contributed by atoms with Gasteiger partial charge < -0.3 is 5.73 Å². The van der Waals surface area contributed by atoms with Gasteiger partial charge in [0.15, 0.2) is 0 Å². The highest BCUT2D eigenvalue weighted by Crippen LogP contribution is 2.33. The van der Waals surface area contributed by atoms with Gasteiger partial charge in [0.2, 0.25) is 0 Å². The van der Waals surface area contributed by atoms with Crippen LogP contribution >= 0.6 is 0 Å². The van der Waals surface area contributed by atoms with Gasteiger partial charge in [-0.15, -0.1) is 0 Å². The molecule has 136 valence electrons. The lowest BCUT2D eigenvalue weighted by Crippen LogP contribution is -2.27. The summed E-state index contributed by atoms with van der Waals surface area (Å²) in [5, 5.41) is 4.53. The van der Waals surface area contributed by atoms with E-state index in [1.54, 1.807) is 6.20 Å². The fraction of sp³-hybridized carbons (Fsp3) is 0.286. The lowest BCUT2D eigenvalue weighted by molar-refractivity contribution is 0.319. The first-order valence-electron chi connectivity index (χ1n) is 8.59. The zero-order valence-electron chi connectivity index (χ0n) is 15.2. The molecule has 26 heavy (non-hydrogen) atoms. The Morgan fingerprint density at radius 2 is 1.77 bits per heavy atom. The zero-order chi connectivity index (χ0) is 18.9. The van der Waals surface area contributed by atoms with Crippen molar-refractivity contribution in [3.63, 3.8) is 0 Å². The second-order valence-corrected chi connectivity index (χ2v) is 7.59. The number of halogens is 2. The van der Waals surface area contributed by atoms with Crippen molar-refractivity contribution >= 4 is 0 Å². The minimum atomic E-state index is -0.531. The molecule has 0 spiro atoms. The highest BCUT2D eigenvalue weighted by molar-refractivity contribution is 5.37. The molecule has 2 N–H and O–H groups in total. The fourth-order valence-corrected chi connectivity index (χ4v) is 2.83. The van der Waals surface area contributed by atoms with Gasteiger partial charge in [0.05, 0.1) is 11.7 Å². The van der Waals surface area contributed by atoms with Gasteiger partial charge in [0.1, 0.15) is 17.3 Å². The average molecular weight is 355 g/mol. The highest BCUT2D eigenvalue weighted by atomic mass is 19.1. The van der Waals surface area contributed by atoms with Crippen molar-refractivity contribution in [1.82, 2.24) is 9.78 Å². The van der Waals surface area contributed by atoms with Crippen LogP contribution in [0.1, 0.15) is 43.6 Å². The number of hydrogen-bond acceptors (Lipinski definition) is 2. The quantitative estimate of drug-likeness (QED) is 0.731. The third kappa shape index (κ3) is 3.83. The Hall–Kier alpha value is -2.53. The molecule has 0 amide bonds. The normalized spacial score (nSPS) is 13.0. The Morgan fingerprint density at radius 3 is 2.42 bits per heavy atom. The second kappa shape index (κ2) is 7.00. The topological polar surface area (TPSA) is 43.8 Å². The van der Waals surface area contributed by atoms with Crippen LogP contribution < -0.4 is 5.73 Å². The van der Waals surface area contributed by atoms with Crippen LogP contribution in [0.2, 0.25) is 0 Å². The number of aromatic nitrogens is 2.